The van der Waals surface area contributed by atoms with Crippen LogP contribution in [0.5, 0.6) is 0 Å². The van der Waals surface area contributed by atoms with E-state index in [0.717, 1.165) is 48.0 Å². The van der Waals surface area contributed by atoms with Crippen LogP contribution < -0.4 is 15.5 Å². The third-order valence-electron chi connectivity index (χ3n) is 4.96. The first kappa shape index (κ1) is 19.0. The molecule has 1 amide bonds. The standard InChI is InChI=1S/C20H21N7OS/c1-3-18(28)23-13-6-7-17-16(9-13)25-20(26(17)2)27-8-4-5-14(12-27)24-19-22-11-15(10-21)29-19/h3,6-7,9,11,14H,1,4-5,8,12H2,2H3,(H,22,24)(H,23,28). The molecular formula is C20H21N7OS. The summed E-state index contributed by atoms with van der Waals surface area (Å²) in [5.41, 5.74) is 2.53. The van der Waals surface area contributed by atoms with Gasteiger partial charge in [-0.3, -0.25) is 4.79 Å². The number of carbonyl (C=O) groups excluding carboxylic acids is 1. The fraction of sp³-hybridized carbons (Fsp3) is 0.300. The lowest BCUT2D eigenvalue weighted by molar-refractivity contribution is -0.111. The Hall–Kier alpha value is -3.38. The fourth-order valence-corrected chi connectivity index (χ4v) is 4.28. The van der Waals surface area contributed by atoms with Gasteiger partial charge in [-0.1, -0.05) is 17.9 Å². The smallest absolute Gasteiger partial charge is 0.247 e. The molecule has 0 spiro atoms. The highest BCUT2D eigenvalue weighted by Crippen LogP contribution is 2.27. The summed E-state index contributed by atoms with van der Waals surface area (Å²) in [6.07, 6.45) is 4.93. The molecule has 1 aliphatic rings. The predicted octanol–water partition coefficient (Wildman–Crippen LogP) is 3.11. The Morgan fingerprint density at radius 1 is 1.48 bits per heavy atom. The monoisotopic (exact) mass is 407 g/mol. The average Bonchev–Trinajstić information content (AvgIpc) is 3.32. The van der Waals surface area contributed by atoms with Crippen molar-refractivity contribution in [1.82, 2.24) is 14.5 Å². The summed E-state index contributed by atoms with van der Waals surface area (Å²) < 4.78 is 2.08. The summed E-state index contributed by atoms with van der Waals surface area (Å²) in [5.74, 6) is 0.655. The largest absolute Gasteiger partial charge is 0.357 e. The van der Waals surface area contributed by atoms with E-state index >= 15 is 0 Å². The first-order chi connectivity index (χ1) is 14.1. The van der Waals surface area contributed by atoms with Crippen LogP contribution in [0.4, 0.5) is 16.8 Å². The summed E-state index contributed by atoms with van der Waals surface area (Å²) >= 11 is 1.37. The molecule has 0 aliphatic carbocycles. The van der Waals surface area contributed by atoms with E-state index in [9.17, 15) is 4.79 Å². The van der Waals surface area contributed by atoms with E-state index in [2.05, 4.69) is 37.7 Å². The van der Waals surface area contributed by atoms with Crippen molar-refractivity contribution in [3.05, 3.63) is 41.9 Å². The van der Waals surface area contributed by atoms with Crippen LogP contribution in [0.15, 0.2) is 37.1 Å². The molecule has 0 radical (unpaired) electrons. The molecule has 1 aliphatic heterocycles. The third kappa shape index (κ3) is 3.93. The molecule has 4 rings (SSSR count). The zero-order valence-electron chi connectivity index (χ0n) is 16.1. The molecule has 1 aromatic carbocycles. The molecule has 1 unspecified atom stereocenters. The SMILES string of the molecule is C=CC(=O)Nc1ccc2c(c1)nc(N1CCCC(Nc3ncc(C#N)s3)C1)n2C. The average molecular weight is 408 g/mol. The molecular weight excluding hydrogens is 386 g/mol. The maximum atomic E-state index is 11.6. The molecule has 1 saturated heterocycles. The fourth-order valence-electron chi connectivity index (χ4n) is 3.58. The van der Waals surface area contributed by atoms with Gasteiger partial charge in [0.05, 0.1) is 17.2 Å². The second-order valence-electron chi connectivity index (χ2n) is 6.94. The zero-order valence-corrected chi connectivity index (χ0v) is 16.9. The number of nitrogens with zero attached hydrogens (tertiary/aromatic N) is 5. The van der Waals surface area contributed by atoms with E-state index in [1.54, 1.807) is 6.20 Å². The van der Waals surface area contributed by atoms with E-state index < -0.39 is 0 Å². The number of anilines is 3. The number of aromatic nitrogens is 3. The molecule has 29 heavy (non-hydrogen) atoms. The number of fused-ring (bicyclic) bond motifs is 1. The van der Waals surface area contributed by atoms with Crippen LogP contribution in [0.1, 0.15) is 17.7 Å². The van der Waals surface area contributed by atoms with E-state index in [-0.39, 0.29) is 11.9 Å². The van der Waals surface area contributed by atoms with Crippen LogP contribution in [0.2, 0.25) is 0 Å². The van der Waals surface area contributed by atoms with Crippen molar-refractivity contribution < 1.29 is 4.79 Å². The second kappa shape index (κ2) is 7.93. The number of rotatable bonds is 5. The number of hydrogen-bond donors (Lipinski definition) is 2. The van der Waals surface area contributed by atoms with Gasteiger partial charge < -0.3 is 20.1 Å². The highest BCUT2D eigenvalue weighted by molar-refractivity contribution is 7.16. The van der Waals surface area contributed by atoms with Gasteiger partial charge in [0.2, 0.25) is 11.9 Å². The molecule has 1 atom stereocenters. The quantitative estimate of drug-likeness (QED) is 0.631. The van der Waals surface area contributed by atoms with Gasteiger partial charge in [0.1, 0.15) is 10.9 Å². The van der Waals surface area contributed by atoms with Crippen LogP contribution in [-0.2, 0) is 11.8 Å². The molecule has 0 saturated carbocycles. The minimum atomic E-state index is -0.243. The van der Waals surface area contributed by atoms with Crippen molar-refractivity contribution >= 4 is 45.0 Å². The Morgan fingerprint density at radius 2 is 2.34 bits per heavy atom. The van der Waals surface area contributed by atoms with Crippen molar-refractivity contribution in [2.24, 2.45) is 7.05 Å². The summed E-state index contributed by atoms with van der Waals surface area (Å²) in [6, 6.07) is 8.06. The number of nitrogens with one attached hydrogen (secondary N) is 2. The lowest BCUT2D eigenvalue weighted by atomic mass is 10.1. The Morgan fingerprint density at radius 3 is 3.10 bits per heavy atom. The number of aryl methyl sites for hydroxylation is 1. The van der Waals surface area contributed by atoms with Crippen LogP contribution in [0.25, 0.3) is 11.0 Å². The molecule has 3 aromatic rings. The molecule has 148 valence electrons. The molecule has 0 bridgehead atoms. The van der Waals surface area contributed by atoms with Crippen molar-refractivity contribution in [3.63, 3.8) is 0 Å². The van der Waals surface area contributed by atoms with Gasteiger partial charge in [-0.05, 0) is 37.1 Å². The van der Waals surface area contributed by atoms with E-state index in [4.69, 9.17) is 10.2 Å². The maximum absolute atomic E-state index is 11.6. The van der Waals surface area contributed by atoms with Gasteiger partial charge in [0.15, 0.2) is 5.13 Å². The summed E-state index contributed by atoms with van der Waals surface area (Å²) in [6.45, 7) is 5.21. The second-order valence-corrected chi connectivity index (χ2v) is 7.97. The van der Waals surface area contributed by atoms with Gasteiger partial charge in [-0.15, -0.1) is 0 Å². The summed E-state index contributed by atoms with van der Waals surface area (Å²) in [5, 5.41) is 16.0. The van der Waals surface area contributed by atoms with E-state index in [1.165, 1.54) is 17.4 Å². The minimum absolute atomic E-state index is 0.240. The lowest BCUT2D eigenvalue weighted by Crippen LogP contribution is -2.43. The maximum Gasteiger partial charge on any atom is 0.247 e. The lowest BCUT2D eigenvalue weighted by Gasteiger charge is -2.33. The Kier molecular flexibility index (Phi) is 5.18. The van der Waals surface area contributed by atoms with E-state index in [0.29, 0.717) is 10.6 Å². The van der Waals surface area contributed by atoms with Gasteiger partial charge in [0.25, 0.3) is 0 Å². The first-order valence-corrected chi connectivity index (χ1v) is 10.2. The minimum Gasteiger partial charge on any atom is -0.357 e. The van der Waals surface area contributed by atoms with Crippen molar-refractivity contribution in [2.45, 2.75) is 18.9 Å². The molecule has 1 fully saturated rings. The van der Waals surface area contributed by atoms with Crippen molar-refractivity contribution in [2.75, 3.05) is 28.6 Å². The Bertz CT molecular complexity index is 1110. The first-order valence-electron chi connectivity index (χ1n) is 9.34. The topological polar surface area (TPSA) is 98.9 Å². The highest BCUT2D eigenvalue weighted by atomic mass is 32.1. The van der Waals surface area contributed by atoms with Gasteiger partial charge in [0, 0.05) is 31.9 Å². The van der Waals surface area contributed by atoms with Gasteiger partial charge >= 0.3 is 0 Å². The van der Waals surface area contributed by atoms with Crippen molar-refractivity contribution in [3.8, 4) is 6.07 Å². The number of piperidine rings is 1. The number of hydrogen-bond acceptors (Lipinski definition) is 7. The van der Waals surface area contributed by atoms with Gasteiger partial charge in [-0.2, -0.15) is 5.26 Å². The van der Waals surface area contributed by atoms with Crippen LogP contribution in [0.3, 0.4) is 0 Å². The summed E-state index contributed by atoms with van der Waals surface area (Å²) in [7, 11) is 2.00. The van der Waals surface area contributed by atoms with Crippen molar-refractivity contribution in [1.29, 1.82) is 5.26 Å². The summed E-state index contributed by atoms with van der Waals surface area (Å²) in [4.78, 5) is 23.5. The molecule has 8 nitrogen and oxygen atoms in total. The number of carbonyl (C=O) groups is 1. The number of imidazole rings is 1. The number of benzene rings is 1. The normalized spacial score (nSPS) is 16.4. The molecule has 9 heteroatoms. The number of amides is 1. The number of thiazole rings is 1. The molecule has 2 aromatic heterocycles. The molecule has 2 N–H and O–H groups in total. The Balaban J connectivity index is 1.53. The van der Waals surface area contributed by atoms with Crippen LogP contribution >= 0.6 is 11.3 Å². The van der Waals surface area contributed by atoms with Crippen LogP contribution in [0, 0.1) is 11.3 Å². The van der Waals surface area contributed by atoms with Gasteiger partial charge in [-0.25, -0.2) is 9.97 Å². The third-order valence-corrected chi connectivity index (χ3v) is 5.79. The highest BCUT2D eigenvalue weighted by Gasteiger charge is 2.24. The van der Waals surface area contributed by atoms with E-state index in [1.807, 2.05) is 25.2 Å². The predicted molar refractivity (Wildman–Crippen MR) is 115 cm³/mol. The number of nitriles is 1. The Labute approximate surface area is 172 Å². The zero-order chi connectivity index (χ0) is 20.4. The van der Waals surface area contributed by atoms with Crippen LogP contribution in [-0.4, -0.2) is 39.6 Å². The molecule has 3 heterocycles.